The number of hydrogen-bond acceptors (Lipinski definition) is 6. The van der Waals surface area contributed by atoms with E-state index in [1.807, 2.05) is 12.1 Å². The number of nitrogens with zero attached hydrogens (tertiary/aromatic N) is 2. The van der Waals surface area contributed by atoms with Gasteiger partial charge >= 0.3 is 0 Å². The van der Waals surface area contributed by atoms with Gasteiger partial charge in [-0.1, -0.05) is 24.8 Å². The average molecular weight is 429 g/mol. The zero-order valence-corrected chi connectivity index (χ0v) is 18.0. The first kappa shape index (κ1) is 22.2. The lowest BCUT2D eigenvalue weighted by molar-refractivity contribution is -0.140. The van der Waals surface area contributed by atoms with Crippen molar-refractivity contribution in [1.82, 2.24) is 9.55 Å². The Balaban J connectivity index is 0.00000124. The van der Waals surface area contributed by atoms with E-state index in [9.17, 15) is 10.2 Å². The molecule has 2 aromatic heterocycles. The Morgan fingerprint density at radius 1 is 1.33 bits per heavy atom. The molecule has 1 aliphatic heterocycles. The molecule has 160 valence electrons. The zero-order chi connectivity index (χ0) is 21.7. The molecule has 1 aliphatic rings. The quantitative estimate of drug-likeness (QED) is 0.456. The first-order chi connectivity index (χ1) is 14.6. The summed E-state index contributed by atoms with van der Waals surface area (Å²) in [6.07, 6.45) is 4.38. The normalized spacial score (nSPS) is 21.1. The third kappa shape index (κ3) is 4.65. The highest BCUT2D eigenvalue weighted by atomic mass is 32.1. The van der Waals surface area contributed by atoms with E-state index in [0.29, 0.717) is 25.0 Å². The highest BCUT2D eigenvalue weighted by Gasteiger charge is 2.30. The fourth-order valence-electron chi connectivity index (χ4n) is 3.70. The van der Waals surface area contributed by atoms with Crippen LogP contribution in [0, 0.1) is 0 Å². The molecule has 3 atom stereocenters. The molecule has 4 rings (SSSR count). The number of para-hydroxylation sites is 1. The fraction of sp³-hybridized carbons (Fsp3) is 0.348. The molecule has 1 aromatic carbocycles. The number of hydrogen-bond donors (Lipinski definition) is 2. The zero-order valence-electron chi connectivity index (χ0n) is 17.2. The van der Waals surface area contributed by atoms with Gasteiger partial charge in [0.15, 0.2) is 0 Å². The second-order valence-electron chi connectivity index (χ2n) is 7.02. The van der Waals surface area contributed by atoms with Gasteiger partial charge in [0, 0.05) is 37.0 Å². The van der Waals surface area contributed by atoms with Crippen LogP contribution >= 0.6 is 11.3 Å². The number of thiazole rings is 1. The van der Waals surface area contributed by atoms with Crippen molar-refractivity contribution in [2.24, 2.45) is 0 Å². The smallest absolute Gasteiger partial charge is 0.136 e. The molecule has 2 N–H and O–H groups in total. The van der Waals surface area contributed by atoms with Crippen molar-refractivity contribution in [3.63, 3.8) is 0 Å². The monoisotopic (exact) mass is 428 g/mol. The summed E-state index contributed by atoms with van der Waals surface area (Å²) in [5.41, 5.74) is 2.19. The van der Waals surface area contributed by atoms with E-state index >= 15 is 0 Å². The van der Waals surface area contributed by atoms with Crippen LogP contribution in [0.4, 0.5) is 0 Å². The van der Waals surface area contributed by atoms with Crippen molar-refractivity contribution in [2.45, 2.75) is 37.7 Å². The molecule has 0 bridgehead atoms. The number of rotatable bonds is 6. The summed E-state index contributed by atoms with van der Waals surface area (Å²) >= 11 is 1.57. The Morgan fingerprint density at radius 3 is 2.83 bits per heavy atom. The molecule has 0 amide bonds. The second kappa shape index (κ2) is 10.0. The maximum atomic E-state index is 10.2. The van der Waals surface area contributed by atoms with E-state index in [2.05, 4.69) is 47.6 Å². The summed E-state index contributed by atoms with van der Waals surface area (Å²) in [5.74, 6) is 0.616. The molecule has 3 unspecified atom stereocenters. The lowest BCUT2D eigenvalue weighted by atomic mass is 10.0. The maximum Gasteiger partial charge on any atom is 0.136 e. The van der Waals surface area contributed by atoms with E-state index < -0.39 is 6.10 Å². The molecule has 1 saturated heterocycles. The van der Waals surface area contributed by atoms with Crippen molar-refractivity contribution < 1.29 is 19.7 Å². The number of methoxy groups -OCH3 is 1. The van der Waals surface area contributed by atoms with Crippen LogP contribution in [0.15, 0.2) is 56.4 Å². The third-order valence-corrected chi connectivity index (χ3v) is 6.15. The minimum absolute atomic E-state index is 0.0924. The number of aromatic nitrogens is 2. The Bertz CT molecular complexity index is 996. The van der Waals surface area contributed by atoms with Crippen LogP contribution in [0.5, 0.6) is 0 Å². The van der Waals surface area contributed by atoms with Crippen molar-refractivity contribution in [3.8, 4) is 0 Å². The van der Waals surface area contributed by atoms with Gasteiger partial charge in [-0.3, -0.25) is 0 Å². The summed E-state index contributed by atoms with van der Waals surface area (Å²) in [6.45, 7) is 9.79. The second-order valence-corrected chi connectivity index (χ2v) is 8.14. The number of aliphatic hydroxyl groups is 2. The Hall–Kier alpha value is -2.45. The molecule has 6 nitrogen and oxygen atoms in total. The van der Waals surface area contributed by atoms with Crippen LogP contribution < -0.4 is 0 Å². The molecule has 3 aromatic rings. The molecule has 7 heteroatoms. The fourth-order valence-corrected chi connectivity index (χ4v) is 4.59. The molecule has 0 radical (unpaired) electrons. The number of aliphatic hydroxyl groups excluding tert-OH is 2. The number of fused-ring (bicyclic) bond motifs is 1. The van der Waals surface area contributed by atoms with E-state index in [4.69, 9.17) is 9.47 Å². The molecule has 30 heavy (non-hydrogen) atoms. The van der Waals surface area contributed by atoms with Crippen molar-refractivity contribution in [1.29, 1.82) is 0 Å². The van der Waals surface area contributed by atoms with Crippen LogP contribution in [-0.4, -0.2) is 45.7 Å². The van der Waals surface area contributed by atoms with Gasteiger partial charge in [-0.25, -0.2) is 4.98 Å². The summed E-state index contributed by atoms with van der Waals surface area (Å²) in [5, 5.41) is 21.8. The van der Waals surface area contributed by atoms with Crippen LogP contribution in [0.2, 0.25) is 0 Å². The van der Waals surface area contributed by atoms with E-state index in [1.165, 1.54) is 0 Å². The van der Waals surface area contributed by atoms with Gasteiger partial charge in [0.05, 0.1) is 41.3 Å². The highest BCUT2D eigenvalue weighted by molar-refractivity contribution is 7.12. The summed E-state index contributed by atoms with van der Waals surface area (Å²) in [6, 6.07) is 8.16. The lowest BCUT2D eigenvalue weighted by Gasteiger charge is -2.33. The van der Waals surface area contributed by atoms with Crippen molar-refractivity contribution in [3.05, 3.63) is 71.8 Å². The maximum absolute atomic E-state index is 10.2. The van der Waals surface area contributed by atoms with Gasteiger partial charge in [0.25, 0.3) is 0 Å². The van der Waals surface area contributed by atoms with Gasteiger partial charge in [-0.15, -0.1) is 24.5 Å². The Labute approximate surface area is 180 Å². The first-order valence-electron chi connectivity index (χ1n) is 9.79. The largest absolute Gasteiger partial charge is 0.496 e. The summed E-state index contributed by atoms with van der Waals surface area (Å²) in [4.78, 5) is 5.43. The van der Waals surface area contributed by atoms with Crippen LogP contribution in [0.3, 0.4) is 0 Å². The van der Waals surface area contributed by atoms with Crippen LogP contribution in [0.1, 0.15) is 34.5 Å². The topological polar surface area (TPSA) is 76.7 Å². The van der Waals surface area contributed by atoms with Gasteiger partial charge < -0.3 is 24.3 Å². The molecule has 0 aliphatic carbocycles. The molecule has 1 fully saturated rings. The summed E-state index contributed by atoms with van der Waals surface area (Å²) in [7, 11) is 1.60. The highest BCUT2D eigenvalue weighted by Crippen LogP contribution is 2.34. The van der Waals surface area contributed by atoms with Crippen molar-refractivity contribution >= 4 is 28.0 Å². The van der Waals surface area contributed by atoms with Crippen molar-refractivity contribution in [2.75, 3.05) is 13.7 Å². The minimum atomic E-state index is -0.484. The molecule has 0 spiro atoms. The van der Waals surface area contributed by atoms with E-state index in [-0.39, 0.29) is 18.9 Å². The van der Waals surface area contributed by atoms with Gasteiger partial charge in [0.2, 0.25) is 0 Å². The van der Waals surface area contributed by atoms with Gasteiger partial charge in [-0.2, -0.15) is 0 Å². The molecule has 0 saturated carbocycles. The van der Waals surface area contributed by atoms with Gasteiger partial charge in [-0.05, 0) is 11.6 Å². The molecular weight excluding hydrogens is 400 g/mol. The van der Waals surface area contributed by atoms with Crippen LogP contribution in [0.25, 0.3) is 16.7 Å². The summed E-state index contributed by atoms with van der Waals surface area (Å²) < 4.78 is 13.3. The number of ether oxygens (including phenoxy) is 2. The van der Waals surface area contributed by atoms with E-state index in [0.717, 1.165) is 26.4 Å². The predicted molar refractivity (Wildman–Crippen MR) is 120 cm³/mol. The van der Waals surface area contributed by atoms with E-state index in [1.54, 1.807) is 24.6 Å². The molecule has 3 heterocycles. The average Bonchev–Trinajstić information content (AvgIpc) is 3.40. The Morgan fingerprint density at radius 2 is 2.10 bits per heavy atom. The lowest BCUT2D eigenvalue weighted by Crippen LogP contribution is -2.35. The van der Waals surface area contributed by atoms with Gasteiger partial charge in [0.1, 0.15) is 12.0 Å². The Kier molecular flexibility index (Phi) is 7.44. The third-order valence-electron chi connectivity index (χ3n) is 5.11. The van der Waals surface area contributed by atoms with Crippen LogP contribution in [-0.2, 0) is 15.9 Å². The number of benzene rings is 1. The standard InChI is InChI=1S/C21H24N2O4S.C2H4/c1-13(26-2)19-10-22-20(28-19)7-14-11-23(18-6-4-3-5-17(14)18)21-9-15(25)8-16(12-24)27-21;1-2/h3-6,10-11,15-16,21,24-25H,1,7-9,12H2,2H3;1-2H2. The minimum Gasteiger partial charge on any atom is -0.496 e. The SMILES string of the molecule is C=C.C=C(OC)c1cnc(Cc2cn(C3CC(O)CC(CO)O3)c3ccccc23)s1. The molecular formula is C23H28N2O4S. The predicted octanol–water partition coefficient (Wildman–Crippen LogP) is 4.14. The first-order valence-corrected chi connectivity index (χ1v) is 10.6.